The molecule has 0 atom stereocenters. The Hall–Kier alpha value is -2.00. The SMILES string of the molecule is N#Cc1ccc(CN2CCC(C(=O)N3CCC(F)(F)CC3)CC2)cc1. The van der Waals surface area contributed by atoms with Crippen molar-refractivity contribution in [2.45, 2.75) is 38.2 Å². The second kappa shape index (κ2) is 7.49. The van der Waals surface area contributed by atoms with Crippen molar-refractivity contribution in [3.05, 3.63) is 35.4 Å². The lowest BCUT2D eigenvalue weighted by molar-refractivity contribution is -0.143. The molecule has 0 N–H and O–H groups in total. The van der Waals surface area contributed by atoms with E-state index in [1.807, 2.05) is 24.3 Å². The van der Waals surface area contributed by atoms with E-state index in [4.69, 9.17) is 5.26 Å². The summed E-state index contributed by atoms with van der Waals surface area (Å²) in [7, 11) is 0. The molecule has 1 amide bonds. The maximum absolute atomic E-state index is 13.2. The fraction of sp³-hybridized carbons (Fsp3) is 0.579. The number of carbonyl (C=O) groups excluding carboxylic acids is 1. The minimum absolute atomic E-state index is 0.0380. The molecule has 0 aromatic heterocycles. The van der Waals surface area contributed by atoms with Crippen LogP contribution in [0.4, 0.5) is 8.78 Å². The average Bonchev–Trinajstić information content (AvgIpc) is 2.62. The van der Waals surface area contributed by atoms with Gasteiger partial charge in [-0.3, -0.25) is 9.69 Å². The Balaban J connectivity index is 1.46. The first-order valence-corrected chi connectivity index (χ1v) is 8.85. The van der Waals surface area contributed by atoms with Crippen LogP contribution in [-0.4, -0.2) is 47.8 Å². The molecule has 134 valence electrons. The normalized spacial score (nSPS) is 21.7. The second-order valence-corrected chi connectivity index (χ2v) is 7.04. The van der Waals surface area contributed by atoms with E-state index >= 15 is 0 Å². The fourth-order valence-corrected chi connectivity index (χ4v) is 3.59. The Labute approximate surface area is 147 Å². The van der Waals surface area contributed by atoms with Gasteiger partial charge in [-0.25, -0.2) is 8.78 Å². The van der Waals surface area contributed by atoms with Gasteiger partial charge in [-0.15, -0.1) is 0 Å². The Kier molecular flexibility index (Phi) is 5.33. The molecular formula is C19H23F2N3O. The Bertz CT molecular complexity index is 636. The maximum atomic E-state index is 13.2. The third kappa shape index (κ3) is 4.55. The number of rotatable bonds is 3. The standard InChI is InChI=1S/C19H23F2N3O/c20-19(21)7-11-24(12-8-19)18(25)17-5-9-23(10-6-17)14-16-3-1-15(13-22)2-4-16/h1-4,17H,5-12,14H2. The molecule has 25 heavy (non-hydrogen) atoms. The number of nitrogens with zero attached hydrogens (tertiary/aromatic N) is 3. The van der Waals surface area contributed by atoms with E-state index in [0.29, 0.717) is 5.56 Å². The highest BCUT2D eigenvalue weighted by atomic mass is 19.3. The molecule has 6 heteroatoms. The Morgan fingerprint density at radius 2 is 1.72 bits per heavy atom. The topological polar surface area (TPSA) is 47.3 Å². The van der Waals surface area contributed by atoms with Gasteiger partial charge in [-0.05, 0) is 43.6 Å². The Morgan fingerprint density at radius 1 is 1.12 bits per heavy atom. The monoisotopic (exact) mass is 347 g/mol. The first-order chi connectivity index (χ1) is 12.0. The van der Waals surface area contributed by atoms with Gasteiger partial charge < -0.3 is 4.90 Å². The van der Waals surface area contributed by atoms with Gasteiger partial charge in [0.05, 0.1) is 11.6 Å². The summed E-state index contributed by atoms with van der Waals surface area (Å²) in [5, 5.41) is 8.83. The largest absolute Gasteiger partial charge is 0.342 e. The van der Waals surface area contributed by atoms with Gasteiger partial charge in [0.15, 0.2) is 0 Å². The quantitative estimate of drug-likeness (QED) is 0.844. The zero-order chi connectivity index (χ0) is 17.9. The molecule has 2 fully saturated rings. The summed E-state index contributed by atoms with van der Waals surface area (Å²) in [4.78, 5) is 16.5. The van der Waals surface area contributed by atoms with Crippen LogP contribution in [0.25, 0.3) is 0 Å². The fourth-order valence-electron chi connectivity index (χ4n) is 3.59. The number of amides is 1. The number of nitriles is 1. The minimum Gasteiger partial charge on any atom is -0.342 e. The van der Waals surface area contributed by atoms with Crippen LogP contribution in [-0.2, 0) is 11.3 Å². The van der Waals surface area contributed by atoms with Gasteiger partial charge in [0, 0.05) is 38.4 Å². The summed E-state index contributed by atoms with van der Waals surface area (Å²) in [6, 6.07) is 9.67. The first-order valence-electron chi connectivity index (χ1n) is 8.85. The molecular weight excluding hydrogens is 324 g/mol. The number of hydrogen-bond acceptors (Lipinski definition) is 3. The molecule has 2 heterocycles. The maximum Gasteiger partial charge on any atom is 0.251 e. The summed E-state index contributed by atoms with van der Waals surface area (Å²) in [6.45, 7) is 2.83. The lowest BCUT2D eigenvalue weighted by Crippen LogP contribution is -2.47. The van der Waals surface area contributed by atoms with E-state index in [-0.39, 0.29) is 37.8 Å². The van der Waals surface area contributed by atoms with Crippen LogP contribution in [0.1, 0.15) is 36.8 Å². The van der Waals surface area contributed by atoms with E-state index in [1.165, 1.54) is 0 Å². The van der Waals surface area contributed by atoms with Gasteiger partial charge in [0.2, 0.25) is 5.91 Å². The van der Waals surface area contributed by atoms with Crippen molar-refractivity contribution in [2.24, 2.45) is 5.92 Å². The Morgan fingerprint density at radius 3 is 2.28 bits per heavy atom. The lowest BCUT2D eigenvalue weighted by atomic mass is 9.93. The summed E-state index contributed by atoms with van der Waals surface area (Å²) >= 11 is 0. The van der Waals surface area contributed by atoms with E-state index in [9.17, 15) is 13.6 Å². The molecule has 1 aromatic rings. The first kappa shape index (κ1) is 17.8. The third-order valence-corrected chi connectivity index (χ3v) is 5.23. The second-order valence-electron chi connectivity index (χ2n) is 7.04. The van der Waals surface area contributed by atoms with E-state index in [2.05, 4.69) is 11.0 Å². The number of halogens is 2. The molecule has 0 spiro atoms. The summed E-state index contributed by atoms with van der Waals surface area (Å²) < 4.78 is 26.5. The molecule has 0 unspecified atom stereocenters. The molecule has 0 aliphatic carbocycles. The van der Waals surface area contributed by atoms with Crippen LogP contribution >= 0.6 is 0 Å². The zero-order valence-corrected chi connectivity index (χ0v) is 14.3. The number of alkyl halides is 2. The average molecular weight is 347 g/mol. The molecule has 0 saturated carbocycles. The van der Waals surface area contributed by atoms with E-state index in [1.54, 1.807) is 4.90 Å². The summed E-state index contributed by atoms with van der Waals surface area (Å²) in [6.07, 6.45) is 1.14. The third-order valence-electron chi connectivity index (χ3n) is 5.23. The highest BCUT2D eigenvalue weighted by Gasteiger charge is 2.37. The van der Waals surface area contributed by atoms with Crippen LogP contribution in [0.2, 0.25) is 0 Å². The molecule has 4 nitrogen and oxygen atoms in total. The van der Waals surface area contributed by atoms with Crippen molar-refractivity contribution >= 4 is 5.91 Å². The van der Waals surface area contributed by atoms with Crippen molar-refractivity contribution in [3.63, 3.8) is 0 Å². The molecule has 0 radical (unpaired) electrons. The molecule has 2 saturated heterocycles. The van der Waals surface area contributed by atoms with Crippen LogP contribution in [0.5, 0.6) is 0 Å². The highest BCUT2D eigenvalue weighted by Crippen LogP contribution is 2.30. The number of carbonyl (C=O) groups is 1. The number of likely N-dealkylation sites (tertiary alicyclic amines) is 2. The predicted molar refractivity (Wildman–Crippen MR) is 89.9 cm³/mol. The molecule has 1 aromatic carbocycles. The van der Waals surface area contributed by atoms with Crippen molar-refractivity contribution in [3.8, 4) is 6.07 Å². The van der Waals surface area contributed by atoms with E-state index in [0.717, 1.165) is 38.0 Å². The van der Waals surface area contributed by atoms with Crippen molar-refractivity contribution in [1.82, 2.24) is 9.80 Å². The number of hydrogen-bond donors (Lipinski definition) is 0. The minimum atomic E-state index is -2.61. The van der Waals surface area contributed by atoms with Crippen LogP contribution in [0.15, 0.2) is 24.3 Å². The smallest absolute Gasteiger partial charge is 0.251 e. The van der Waals surface area contributed by atoms with E-state index < -0.39 is 5.92 Å². The van der Waals surface area contributed by atoms with Crippen molar-refractivity contribution < 1.29 is 13.6 Å². The zero-order valence-electron chi connectivity index (χ0n) is 14.3. The van der Waals surface area contributed by atoms with Gasteiger partial charge >= 0.3 is 0 Å². The van der Waals surface area contributed by atoms with Crippen molar-refractivity contribution in [2.75, 3.05) is 26.2 Å². The van der Waals surface area contributed by atoms with Crippen LogP contribution < -0.4 is 0 Å². The van der Waals surface area contributed by atoms with Gasteiger partial charge in [0.25, 0.3) is 5.92 Å². The molecule has 3 rings (SSSR count). The van der Waals surface area contributed by atoms with Crippen LogP contribution in [0.3, 0.4) is 0 Å². The van der Waals surface area contributed by atoms with Crippen LogP contribution in [0, 0.1) is 17.2 Å². The number of benzene rings is 1. The molecule has 2 aliphatic rings. The van der Waals surface area contributed by atoms with Gasteiger partial charge in [0.1, 0.15) is 0 Å². The molecule has 2 aliphatic heterocycles. The number of piperidine rings is 2. The highest BCUT2D eigenvalue weighted by molar-refractivity contribution is 5.79. The van der Waals surface area contributed by atoms with Gasteiger partial charge in [-0.2, -0.15) is 5.26 Å². The van der Waals surface area contributed by atoms with Gasteiger partial charge in [-0.1, -0.05) is 12.1 Å². The lowest BCUT2D eigenvalue weighted by Gasteiger charge is -2.37. The van der Waals surface area contributed by atoms with Crippen molar-refractivity contribution in [1.29, 1.82) is 5.26 Å². The molecule has 0 bridgehead atoms. The summed E-state index contributed by atoms with van der Waals surface area (Å²) in [5.74, 6) is -2.60. The summed E-state index contributed by atoms with van der Waals surface area (Å²) in [5.41, 5.74) is 1.81. The predicted octanol–water partition coefficient (Wildman–Crippen LogP) is 3.03.